The van der Waals surface area contributed by atoms with Crippen molar-refractivity contribution in [2.24, 2.45) is 0 Å². The molecule has 0 bridgehead atoms. The van der Waals surface area contributed by atoms with Gasteiger partial charge in [-0.25, -0.2) is 4.57 Å². The zero-order valence-electron chi connectivity index (χ0n) is 15.9. The molecule has 0 aliphatic heterocycles. The zero-order chi connectivity index (χ0) is 18.3. The summed E-state index contributed by atoms with van der Waals surface area (Å²) in [4.78, 5) is 0. The number of rotatable bonds is 2. The van der Waals surface area contributed by atoms with E-state index in [1.165, 1.54) is 44.8 Å². The first kappa shape index (κ1) is 17.0. The van der Waals surface area contributed by atoms with Gasteiger partial charge in [-0.05, 0) is 69.7 Å². The minimum absolute atomic E-state index is 0.856. The standard InChI is InChI=1S/C23H25N2/c1-8-21-13-24(22-17(4)9-15(2)10-18(22)5)14-25(21)23-19(6)11-16(3)12-20(23)7/h1,9-14H,2-7H3/q+1. The van der Waals surface area contributed by atoms with Crippen LogP contribution in [0.3, 0.4) is 0 Å². The van der Waals surface area contributed by atoms with Gasteiger partial charge in [0, 0.05) is 0 Å². The summed E-state index contributed by atoms with van der Waals surface area (Å²) in [5, 5.41) is 0. The number of hydrogen-bond donors (Lipinski definition) is 0. The Bertz CT molecular complexity index is 967. The van der Waals surface area contributed by atoms with Crippen molar-refractivity contribution in [2.75, 3.05) is 0 Å². The molecule has 0 atom stereocenters. The fourth-order valence-electron chi connectivity index (χ4n) is 3.95. The quantitative estimate of drug-likeness (QED) is 0.480. The van der Waals surface area contributed by atoms with E-state index in [-0.39, 0.29) is 0 Å². The molecule has 0 spiro atoms. The first-order chi connectivity index (χ1) is 11.8. The predicted octanol–water partition coefficient (Wildman–Crippen LogP) is 4.59. The van der Waals surface area contributed by atoms with Crippen molar-refractivity contribution in [3.8, 4) is 23.7 Å². The van der Waals surface area contributed by atoms with Gasteiger partial charge in [0.1, 0.15) is 11.4 Å². The Kier molecular flexibility index (Phi) is 4.27. The Morgan fingerprint density at radius 3 is 1.76 bits per heavy atom. The van der Waals surface area contributed by atoms with Crippen LogP contribution in [0.4, 0.5) is 0 Å². The van der Waals surface area contributed by atoms with Gasteiger partial charge in [0.05, 0.1) is 0 Å². The summed E-state index contributed by atoms with van der Waals surface area (Å²) in [5.41, 5.74) is 10.7. The van der Waals surface area contributed by atoms with E-state index in [2.05, 4.69) is 87.2 Å². The van der Waals surface area contributed by atoms with E-state index in [9.17, 15) is 0 Å². The summed E-state index contributed by atoms with van der Waals surface area (Å²) in [6, 6.07) is 8.83. The van der Waals surface area contributed by atoms with Crippen LogP contribution >= 0.6 is 0 Å². The van der Waals surface area contributed by atoms with Crippen LogP contribution in [0.1, 0.15) is 39.1 Å². The molecular formula is C23H25N2+. The van der Waals surface area contributed by atoms with Crippen LogP contribution in [0, 0.1) is 53.9 Å². The third-order valence-corrected chi connectivity index (χ3v) is 4.68. The van der Waals surface area contributed by atoms with Gasteiger partial charge < -0.3 is 0 Å². The smallest absolute Gasteiger partial charge is 0.200 e. The van der Waals surface area contributed by atoms with Gasteiger partial charge in [0.2, 0.25) is 5.69 Å². The topological polar surface area (TPSA) is 8.81 Å². The van der Waals surface area contributed by atoms with Crippen molar-refractivity contribution in [3.63, 3.8) is 0 Å². The lowest BCUT2D eigenvalue weighted by atomic mass is 10.0. The molecule has 3 aromatic rings. The Hall–Kier alpha value is -2.79. The molecule has 0 N–H and O–H groups in total. The Morgan fingerprint density at radius 1 is 0.800 bits per heavy atom. The normalized spacial score (nSPS) is 10.8. The Morgan fingerprint density at radius 2 is 1.28 bits per heavy atom. The van der Waals surface area contributed by atoms with Gasteiger partial charge in [-0.1, -0.05) is 35.4 Å². The Labute approximate surface area is 150 Å². The van der Waals surface area contributed by atoms with Crippen LogP contribution in [0.2, 0.25) is 0 Å². The zero-order valence-corrected chi connectivity index (χ0v) is 15.9. The summed E-state index contributed by atoms with van der Waals surface area (Å²) >= 11 is 0. The summed E-state index contributed by atoms with van der Waals surface area (Å²) in [6.45, 7) is 12.8. The highest BCUT2D eigenvalue weighted by Crippen LogP contribution is 2.23. The average molecular weight is 329 g/mol. The molecule has 2 nitrogen and oxygen atoms in total. The number of nitrogens with zero attached hydrogens (tertiary/aromatic N) is 2. The van der Waals surface area contributed by atoms with E-state index in [4.69, 9.17) is 6.42 Å². The van der Waals surface area contributed by atoms with Crippen LogP contribution < -0.4 is 4.57 Å². The predicted molar refractivity (Wildman–Crippen MR) is 104 cm³/mol. The van der Waals surface area contributed by atoms with Crippen molar-refractivity contribution < 1.29 is 4.57 Å². The van der Waals surface area contributed by atoms with Crippen molar-refractivity contribution >= 4 is 0 Å². The second-order valence-electron chi connectivity index (χ2n) is 7.05. The van der Waals surface area contributed by atoms with Gasteiger partial charge >= 0.3 is 0 Å². The molecule has 2 aromatic carbocycles. The first-order valence-electron chi connectivity index (χ1n) is 8.58. The molecule has 0 saturated heterocycles. The maximum atomic E-state index is 5.83. The molecule has 0 aliphatic carbocycles. The SMILES string of the molecule is C#Cc1c[n+](-c2c(C)cc(C)cc2C)cn1-c1c(C)cc(C)cc1C. The molecule has 2 heteroatoms. The van der Waals surface area contributed by atoms with E-state index in [0.29, 0.717) is 0 Å². The molecule has 0 amide bonds. The summed E-state index contributed by atoms with van der Waals surface area (Å²) in [7, 11) is 0. The van der Waals surface area contributed by atoms with Gasteiger partial charge in [0.15, 0.2) is 6.20 Å². The molecule has 126 valence electrons. The number of aromatic nitrogens is 2. The third kappa shape index (κ3) is 2.98. The highest BCUT2D eigenvalue weighted by Gasteiger charge is 2.21. The second-order valence-corrected chi connectivity index (χ2v) is 7.05. The van der Waals surface area contributed by atoms with Crippen LogP contribution in [0.5, 0.6) is 0 Å². The van der Waals surface area contributed by atoms with Crippen molar-refractivity contribution in [1.29, 1.82) is 0 Å². The maximum Gasteiger partial charge on any atom is 0.255 e. The molecule has 1 heterocycles. The second kappa shape index (κ2) is 6.26. The number of imidazole rings is 1. The van der Waals surface area contributed by atoms with Crippen molar-refractivity contribution in [1.82, 2.24) is 4.57 Å². The fourth-order valence-corrected chi connectivity index (χ4v) is 3.95. The van der Waals surface area contributed by atoms with Crippen LogP contribution in [-0.4, -0.2) is 4.57 Å². The van der Waals surface area contributed by atoms with E-state index in [0.717, 1.165) is 5.69 Å². The molecule has 0 saturated carbocycles. The molecule has 3 rings (SSSR count). The number of terminal acetylenes is 1. The minimum atomic E-state index is 0.856. The first-order valence-corrected chi connectivity index (χ1v) is 8.58. The van der Waals surface area contributed by atoms with E-state index in [1.54, 1.807) is 0 Å². The Balaban J connectivity index is 2.26. The van der Waals surface area contributed by atoms with Crippen molar-refractivity contribution in [2.45, 2.75) is 41.5 Å². The van der Waals surface area contributed by atoms with Gasteiger partial charge in [-0.15, -0.1) is 6.42 Å². The summed E-state index contributed by atoms with van der Waals surface area (Å²) in [5.74, 6) is 2.85. The van der Waals surface area contributed by atoms with Crippen LogP contribution in [0.15, 0.2) is 36.8 Å². The average Bonchev–Trinajstić information content (AvgIpc) is 2.88. The highest BCUT2D eigenvalue weighted by molar-refractivity contribution is 5.51. The lowest BCUT2D eigenvalue weighted by Gasteiger charge is -2.09. The molecule has 0 aliphatic rings. The third-order valence-electron chi connectivity index (χ3n) is 4.68. The molecule has 1 aromatic heterocycles. The van der Waals surface area contributed by atoms with Crippen LogP contribution in [0.25, 0.3) is 11.4 Å². The van der Waals surface area contributed by atoms with E-state index >= 15 is 0 Å². The van der Waals surface area contributed by atoms with Gasteiger partial charge in [0.25, 0.3) is 6.33 Å². The van der Waals surface area contributed by atoms with E-state index < -0.39 is 0 Å². The lowest BCUT2D eigenvalue weighted by molar-refractivity contribution is -0.595. The summed E-state index contributed by atoms with van der Waals surface area (Å²) in [6.07, 6.45) is 9.97. The monoisotopic (exact) mass is 329 g/mol. The van der Waals surface area contributed by atoms with E-state index in [1.807, 2.05) is 6.20 Å². The fraction of sp³-hybridized carbons (Fsp3) is 0.261. The number of benzene rings is 2. The molecule has 0 fully saturated rings. The maximum absolute atomic E-state index is 5.83. The van der Waals surface area contributed by atoms with Gasteiger partial charge in [-0.2, -0.15) is 4.57 Å². The largest absolute Gasteiger partial charge is 0.255 e. The highest BCUT2D eigenvalue weighted by atomic mass is 15.1. The summed E-state index contributed by atoms with van der Waals surface area (Å²) < 4.78 is 4.28. The number of aryl methyl sites for hydroxylation is 6. The van der Waals surface area contributed by atoms with Crippen LogP contribution in [-0.2, 0) is 0 Å². The number of hydrogen-bond acceptors (Lipinski definition) is 0. The molecular weight excluding hydrogens is 304 g/mol. The van der Waals surface area contributed by atoms with Gasteiger partial charge in [-0.3, -0.25) is 0 Å². The minimum Gasteiger partial charge on any atom is -0.200 e. The van der Waals surface area contributed by atoms with Crippen molar-refractivity contribution in [3.05, 3.63) is 75.9 Å². The lowest BCUT2D eigenvalue weighted by Crippen LogP contribution is -2.30. The molecule has 0 unspecified atom stereocenters. The molecule has 25 heavy (non-hydrogen) atoms. The molecule has 0 radical (unpaired) electrons.